The van der Waals surface area contributed by atoms with Crippen LogP contribution in [0.3, 0.4) is 0 Å². The Morgan fingerprint density at radius 2 is 2.07 bits per heavy atom. The number of likely N-dealkylation sites (N-methyl/N-ethyl adjacent to an activating group) is 1. The number of nitrogens with one attached hydrogen (secondary N) is 1. The zero-order valence-electron chi connectivity index (χ0n) is 7.98. The Bertz CT molecular complexity index is 362. The fourth-order valence-electron chi connectivity index (χ4n) is 1.15. The van der Waals surface area contributed by atoms with Gasteiger partial charge in [-0.15, -0.1) is 0 Å². The molecule has 1 heterocycles. The average Bonchev–Trinajstić information content (AvgIpc) is 2.33. The van der Waals surface area contributed by atoms with Gasteiger partial charge in [0.05, 0.1) is 12.2 Å². The molecule has 1 N–H and O–H groups in total. The maximum Gasteiger partial charge on any atom is 0.247 e. The third kappa shape index (κ3) is 2.10. The molecule has 0 saturated carbocycles. The van der Waals surface area contributed by atoms with Crippen LogP contribution in [0.1, 0.15) is 13.3 Å². The van der Waals surface area contributed by atoms with E-state index in [1.807, 2.05) is 0 Å². The quantitative estimate of drug-likeness (QED) is 0.598. The molecule has 1 aliphatic heterocycles. The third-order valence-corrected chi connectivity index (χ3v) is 3.49. The molecule has 1 saturated heterocycles. The van der Waals surface area contributed by atoms with E-state index in [1.165, 1.54) is 14.0 Å². The molecule has 0 spiro atoms. The summed E-state index contributed by atoms with van der Waals surface area (Å²) in [5.41, 5.74) is 0. The molecule has 1 fully saturated rings. The molecule has 0 aromatic heterocycles. The van der Waals surface area contributed by atoms with E-state index in [-0.39, 0.29) is 18.1 Å². The summed E-state index contributed by atoms with van der Waals surface area (Å²) in [6.45, 7) is 1.47. The molecule has 6 nitrogen and oxygen atoms in total. The maximum absolute atomic E-state index is 11.3. The van der Waals surface area contributed by atoms with Crippen molar-refractivity contribution in [3.05, 3.63) is 0 Å². The smallest absolute Gasteiger partial charge is 0.247 e. The first-order valence-corrected chi connectivity index (χ1v) is 5.83. The first-order chi connectivity index (χ1) is 6.37. The van der Waals surface area contributed by atoms with E-state index in [0.29, 0.717) is 0 Å². The molecule has 1 unspecified atom stereocenters. The molecular weight excluding hydrogens is 208 g/mol. The molecule has 0 bridgehead atoms. The highest BCUT2D eigenvalue weighted by Gasteiger charge is 2.37. The molecule has 80 valence electrons. The van der Waals surface area contributed by atoms with Gasteiger partial charge in [-0.1, -0.05) is 0 Å². The van der Waals surface area contributed by atoms with Crippen LogP contribution in [0.2, 0.25) is 0 Å². The van der Waals surface area contributed by atoms with Crippen LogP contribution < -0.4 is 4.72 Å². The van der Waals surface area contributed by atoms with Gasteiger partial charge >= 0.3 is 0 Å². The molecule has 1 atom stereocenters. The van der Waals surface area contributed by atoms with Gasteiger partial charge in [0.15, 0.2) is 0 Å². The summed E-state index contributed by atoms with van der Waals surface area (Å²) in [6.07, 6.45) is -0.0887. The van der Waals surface area contributed by atoms with Gasteiger partial charge in [0.25, 0.3) is 0 Å². The highest BCUT2D eigenvalue weighted by molar-refractivity contribution is 7.89. The van der Waals surface area contributed by atoms with E-state index >= 15 is 0 Å². The monoisotopic (exact) mass is 220 g/mol. The molecule has 0 aliphatic carbocycles. The summed E-state index contributed by atoms with van der Waals surface area (Å²) in [4.78, 5) is 23.3. The van der Waals surface area contributed by atoms with Gasteiger partial charge in [-0.2, -0.15) is 0 Å². The number of carbonyl (C=O) groups is 2. The van der Waals surface area contributed by atoms with Crippen LogP contribution in [-0.4, -0.2) is 44.0 Å². The van der Waals surface area contributed by atoms with Crippen LogP contribution in [0.15, 0.2) is 0 Å². The predicted molar refractivity (Wildman–Crippen MR) is 48.8 cm³/mol. The fourth-order valence-corrected chi connectivity index (χ4v) is 1.93. The minimum atomic E-state index is -3.43. The molecule has 1 rings (SSSR count). The van der Waals surface area contributed by atoms with E-state index in [0.717, 1.165) is 4.90 Å². The van der Waals surface area contributed by atoms with Gasteiger partial charge in [0.1, 0.15) is 6.04 Å². The van der Waals surface area contributed by atoms with Crippen molar-refractivity contribution < 1.29 is 18.0 Å². The number of rotatable bonds is 3. The molecular formula is C7H12N2O4S. The molecule has 1 aliphatic rings. The lowest BCUT2D eigenvalue weighted by molar-refractivity contribution is -0.137. The number of imide groups is 1. The highest BCUT2D eigenvalue weighted by atomic mass is 32.2. The number of hydrogen-bond acceptors (Lipinski definition) is 4. The molecule has 2 amide bonds. The van der Waals surface area contributed by atoms with Gasteiger partial charge < -0.3 is 0 Å². The van der Waals surface area contributed by atoms with E-state index in [4.69, 9.17) is 0 Å². The maximum atomic E-state index is 11.3. The Hall–Kier alpha value is -0.950. The molecule has 0 aromatic carbocycles. The summed E-state index contributed by atoms with van der Waals surface area (Å²) in [7, 11) is -2.09. The first kappa shape index (κ1) is 11.1. The SMILES string of the molecule is CCS(=O)(=O)NC1CC(=O)N(C)C1=O. The Labute approximate surface area is 82.3 Å². The molecule has 7 heteroatoms. The van der Waals surface area contributed by atoms with Crippen LogP contribution in [0.5, 0.6) is 0 Å². The van der Waals surface area contributed by atoms with Crippen molar-refractivity contribution in [3.63, 3.8) is 0 Å². The zero-order valence-corrected chi connectivity index (χ0v) is 8.80. The minimum absolute atomic E-state index is 0.0887. The first-order valence-electron chi connectivity index (χ1n) is 4.18. The fraction of sp³-hybridized carbons (Fsp3) is 0.714. The van der Waals surface area contributed by atoms with E-state index < -0.39 is 22.0 Å². The van der Waals surface area contributed by atoms with Crippen molar-refractivity contribution in [1.82, 2.24) is 9.62 Å². The second kappa shape index (κ2) is 3.66. The molecule has 0 aromatic rings. The van der Waals surface area contributed by atoms with E-state index in [2.05, 4.69) is 4.72 Å². The summed E-state index contributed by atoms with van der Waals surface area (Å²) in [5.74, 6) is -0.958. The second-order valence-corrected chi connectivity index (χ2v) is 5.11. The zero-order chi connectivity index (χ0) is 10.9. The normalized spacial score (nSPS) is 23.3. The number of likely N-dealkylation sites (tertiary alicyclic amines) is 1. The largest absolute Gasteiger partial charge is 0.284 e. The van der Waals surface area contributed by atoms with Crippen molar-refractivity contribution >= 4 is 21.8 Å². The number of nitrogens with zero attached hydrogens (tertiary/aromatic N) is 1. The van der Waals surface area contributed by atoms with Crippen molar-refractivity contribution in [2.75, 3.05) is 12.8 Å². The van der Waals surface area contributed by atoms with Crippen LogP contribution in [-0.2, 0) is 19.6 Å². The van der Waals surface area contributed by atoms with Gasteiger partial charge in [0.2, 0.25) is 21.8 Å². The van der Waals surface area contributed by atoms with Crippen LogP contribution in [0.25, 0.3) is 0 Å². The predicted octanol–water partition coefficient (Wildman–Crippen LogP) is -1.32. The van der Waals surface area contributed by atoms with Crippen LogP contribution >= 0.6 is 0 Å². The molecule has 14 heavy (non-hydrogen) atoms. The Morgan fingerprint density at radius 3 is 2.43 bits per heavy atom. The third-order valence-electron chi connectivity index (χ3n) is 2.08. The van der Waals surface area contributed by atoms with Crippen LogP contribution in [0, 0.1) is 0 Å². The summed E-state index contributed by atoms with van der Waals surface area (Å²) >= 11 is 0. The summed E-state index contributed by atoms with van der Waals surface area (Å²) in [6, 6.07) is -0.919. The Balaban J connectivity index is 2.74. The van der Waals surface area contributed by atoms with Crippen LogP contribution in [0.4, 0.5) is 0 Å². The second-order valence-electron chi connectivity index (χ2n) is 3.07. The lowest BCUT2D eigenvalue weighted by Crippen LogP contribution is -2.41. The lowest BCUT2D eigenvalue weighted by atomic mass is 10.3. The number of amides is 2. The van der Waals surface area contributed by atoms with Crippen molar-refractivity contribution in [1.29, 1.82) is 0 Å². The average molecular weight is 220 g/mol. The van der Waals surface area contributed by atoms with Crippen molar-refractivity contribution in [2.45, 2.75) is 19.4 Å². The van der Waals surface area contributed by atoms with Crippen molar-refractivity contribution in [3.8, 4) is 0 Å². The van der Waals surface area contributed by atoms with E-state index in [1.54, 1.807) is 0 Å². The number of hydrogen-bond donors (Lipinski definition) is 1. The number of carbonyl (C=O) groups excluding carboxylic acids is 2. The standard InChI is InChI=1S/C7H12N2O4S/c1-3-14(12,13)8-5-4-6(10)9(2)7(5)11/h5,8H,3-4H2,1-2H3. The van der Waals surface area contributed by atoms with Gasteiger partial charge in [-0.25, -0.2) is 13.1 Å². The van der Waals surface area contributed by atoms with Crippen molar-refractivity contribution in [2.24, 2.45) is 0 Å². The van der Waals surface area contributed by atoms with Gasteiger partial charge in [0, 0.05) is 7.05 Å². The Morgan fingerprint density at radius 1 is 1.50 bits per heavy atom. The molecule has 0 radical (unpaired) electrons. The summed E-state index contributed by atoms with van der Waals surface area (Å²) < 4.78 is 24.4. The number of sulfonamides is 1. The van der Waals surface area contributed by atoms with Gasteiger partial charge in [-0.05, 0) is 6.92 Å². The Kier molecular flexibility index (Phi) is 2.91. The lowest BCUT2D eigenvalue weighted by Gasteiger charge is -2.09. The topological polar surface area (TPSA) is 83.6 Å². The van der Waals surface area contributed by atoms with E-state index in [9.17, 15) is 18.0 Å². The van der Waals surface area contributed by atoms with Gasteiger partial charge in [-0.3, -0.25) is 14.5 Å². The minimum Gasteiger partial charge on any atom is -0.284 e. The summed E-state index contributed by atoms with van der Waals surface area (Å²) in [5, 5.41) is 0. The highest BCUT2D eigenvalue weighted by Crippen LogP contribution is 2.11.